The number of benzene rings is 1. The number of hydrogen-bond acceptors (Lipinski definition) is 4. The van der Waals surface area contributed by atoms with Crippen LogP contribution in [-0.2, 0) is 9.84 Å². The Hall–Kier alpha value is -0.910. The second kappa shape index (κ2) is 10.1. The number of hydrogen-bond donors (Lipinski definition) is 2. The predicted octanol–water partition coefficient (Wildman–Crippen LogP) is 3.45. The maximum atomic E-state index is 12.7. The lowest BCUT2D eigenvalue weighted by molar-refractivity contribution is 0.170. The summed E-state index contributed by atoms with van der Waals surface area (Å²) in [5.41, 5.74) is 6.08. The Morgan fingerprint density at radius 1 is 1.13 bits per heavy atom. The van der Waals surface area contributed by atoms with Crippen molar-refractivity contribution in [3.63, 3.8) is 0 Å². The molecule has 0 saturated heterocycles. The van der Waals surface area contributed by atoms with Crippen molar-refractivity contribution in [3.05, 3.63) is 29.8 Å². The predicted molar refractivity (Wildman–Crippen MR) is 95.0 cm³/mol. The van der Waals surface area contributed by atoms with Crippen molar-refractivity contribution in [1.29, 1.82) is 0 Å². The summed E-state index contributed by atoms with van der Waals surface area (Å²) in [6.07, 6.45) is 4.77. The summed E-state index contributed by atoms with van der Waals surface area (Å²) in [6.45, 7) is 4.59. The summed E-state index contributed by atoms with van der Waals surface area (Å²) in [5, 5.41) is 10.0. The fraction of sp³-hybridized carbons (Fsp3) is 0.667. The molecule has 0 aromatic heterocycles. The number of rotatable bonds is 11. The van der Waals surface area contributed by atoms with Gasteiger partial charge in [-0.2, -0.15) is 0 Å². The van der Waals surface area contributed by atoms with Gasteiger partial charge in [0.2, 0.25) is 0 Å². The molecule has 2 atom stereocenters. The van der Waals surface area contributed by atoms with Crippen molar-refractivity contribution in [1.82, 2.24) is 0 Å². The number of aliphatic hydroxyl groups excluding tert-OH is 1. The van der Waals surface area contributed by atoms with Crippen LogP contribution < -0.4 is 5.73 Å². The third-order valence-electron chi connectivity index (χ3n) is 4.16. The molecule has 0 aliphatic heterocycles. The molecule has 0 aliphatic carbocycles. The molecule has 0 saturated carbocycles. The first-order valence-electron chi connectivity index (χ1n) is 8.65. The van der Waals surface area contributed by atoms with Gasteiger partial charge in [0.05, 0.1) is 16.8 Å². The fourth-order valence-electron chi connectivity index (χ4n) is 2.86. The maximum absolute atomic E-state index is 12.7. The van der Waals surface area contributed by atoms with E-state index in [9.17, 15) is 13.5 Å². The van der Waals surface area contributed by atoms with Gasteiger partial charge in [-0.1, -0.05) is 45.2 Å². The second-order valence-electron chi connectivity index (χ2n) is 6.24. The molecule has 0 amide bonds. The Labute approximate surface area is 141 Å². The molecule has 0 radical (unpaired) electrons. The zero-order chi connectivity index (χ0) is 17.3. The van der Waals surface area contributed by atoms with Crippen molar-refractivity contribution in [2.45, 2.75) is 63.4 Å². The van der Waals surface area contributed by atoms with Gasteiger partial charge in [-0.3, -0.25) is 0 Å². The molecular weight excluding hydrogens is 310 g/mol. The van der Waals surface area contributed by atoms with Gasteiger partial charge in [0.1, 0.15) is 0 Å². The Bertz CT molecular complexity index is 557. The molecule has 0 bridgehead atoms. The highest BCUT2D eigenvalue weighted by Gasteiger charge is 2.21. The molecule has 1 unspecified atom stereocenters. The molecule has 132 valence electrons. The summed E-state index contributed by atoms with van der Waals surface area (Å²) >= 11 is 0. The highest BCUT2D eigenvalue weighted by atomic mass is 32.2. The smallest absolute Gasteiger partial charge is 0.178 e. The van der Waals surface area contributed by atoms with Crippen molar-refractivity contribution in [2.75, 3.05) is 12.3 Å². The van der Waals surface area contributed by atoms with Gasteiger partial charge in [-0.25, -0.2) is 8.42 Å². The van der Waals surface area contributed by atoms with E-state index < -0.39 is 15.9 Å². The van der Waals surface area contributed by atoms with Gasteiger partial charge >= 0.3 is 0 Å². The zero-order valence-corrected chi connectivity index (χ0v) is 15.2. The van der Waals surface area contributed by atoms with Crippen LogP contribution in [0, 0.1) is 5.92 Å². The molecular formula is C18H31NO3S. The van der Waals surface area contributed by atoms with Crippen LogP contribution >= 0.6 is 0 Å². The quantitative estimate of drug-likeness (QED) is 0.646. The van der Waals surface area contributed by atoms with E-state index >= 15 is 0 Å². The lowest BCUT2D eigenvalue weighted by Crippen LogP contribution is -2.17. The Balaban J connectivity index is 2.91. The van der Waals surface area contributed by atoms with E-state index in [1.54, 1.807) is 24.3 Å². The van der Waals surface area contributed by atoms with Crippen LogP contribution in [-0.4, -0.2) is 25.8 Å². The molecule has 1 aromatic rings. The lowest BCUT2D eigenvalue weighted by atomic mass is 9.99. The van der Waals surface area contributed by atoms with Crippen LogP contribution in [0.3, 0.4) is 0 Å². The first-order chi connectivity index (χ1) is 10.9. The topological polar surface area (TPSA) is 80.4 Å². The molecule has 0 heterocycles. The van der Waals surface area contributed by atoms with E-state index in [0.29, 0.717) is 23.4 Å². The molecule has 1 aromatic carbocycles. The van der Waals surface area contributed by atoms with Crippen LogP contribution in [0.15, 0.2) is 29.2 Å². The fourth-order valence-corrected chi connectivity index (χ4v) is 4.61. The van der Waals surface area contributed by atoms with E-state index in [1.165, 1.54) is 0 Å². The van der Waals surface area contributed by atoms with Crippen LogP contribution in [0.5, 0.6) is 0 Å². The molecule has 5 heteroatoms. The number of aliphatic hydroxyl groups is 1. The largest absolute Gasteiger partial charge is 0.388 e. The van der Waals surface area contributed by atoms with Gasteiger partial charge in [0.25, 0.3) is 0 Å². The minimum absolute atomic E-state index is 0.192. The normalized spacial score (nSPS) is 14.6. The molecule has 3 N–H and O–H groups in total. The Morgan fingerprint density at radius 2 is 1.87 bits per heavy atom. The summed E-state index contributed by atoms with van der Waals surface area (Å²) in [4.78, 5) is 0.309. The van der Waals surface area contributed by atoms with E-state index in [2.05, 4.69) is 13.8 Å². The van der Waals surface area contributed by atoms with Crippen molar-refractivity contribution >= 4 is 9.84 Å². The number of sulfone groups is 1. The summed E-state index contributed by atoms with van der Waals surface area (Å²) in [5.74, 6) is 0.402. The van der Waals surface area contributed by atoms with Gasteiger partial charge in [0, 0.05) is 0 Å². The number of unbranched alkanes of at least 4 members (excludes halogenated alkanes) is 1. The van der Waals surface area contributed by atoms with Crippen LogP contribution in [0.25, 0.3) is 0 Å². The maximum Gasteiger partial charge on any atom is 0.178 e. The number of nitrogens with two attached hydrogens (primary N) is 1. The SMILES string of the molecule is CCCCC(CCC)CS(=O)(=O)c1cccc([C@H](O)CCN)c1. The highest BCUT2D eigenvalue weighted by molar-refractivity contribution is 7.91. The van der Waals surface area contributed by atoms with Crippen molar-refractivity contribution in [3.8, 4) is 0 Å². The lowest BCUT2D eigenvalue weighted by Gasteiger charge is -2.17. The summed E-state index contributed by atoms with van der Waals surface area (Å²) in [6, 6.07) is 6.66. The average Bonchev–Trinajstić information content (AvgIpc) is 2.53. The van der Waals surface area contributed by atoms with Crippen LogP contribution in [0.4, 0.5) is 0 Å². The van der Waals surface area contributed by atoms with Crippen molar-refractivity contribution in [2.24, 2.45) is 11.7 Å². The van der Waals surface area contributed by atoms with Gasteiger partial charge in [-0.15, -0.1) is 0 Å². The first kappa shape index (κ1) is 20.1. The molecule has 1 rings (SSSR count). The molecule has 4 nitrogen and oxygen atoms in total. The zero-order valence-electron chi connectivity index (χ0n) is 14.4. The Morgan fingerprint density at radius 3 is 2.48 bits per heavy atom. The standard InChI is InChI=1S/C18H31NO3S/c1-3-5-8-15(7-4-2)14-23(21,22)17-10-6-9-16(13-17)18(20)11-12-19/h6,9-10,13,15,18,20H,3-5,7-8,11-12,14,19H2,1-2H3/t15?,18-/m1/s1. The first-order valence-corrected chi connectivity index (χ1v) is 10.3. The van der Waals surface area contributed by atoms with E-state index in [1.807, 2.05) is 0 Å². The third-order valence-corrected chi connectivity index (χ3v) is 6.04. The summed E-state index contributed by atoms with van der Waals surface area (Å²) < 4.78 is 25.4. The average molecular weight is 342 g/mol. The van der Waals surface area contributed by atoms with E-state index in [-0.39, 0.29) is 11.7 Å². The monoisotopic (exact) mass is 341 g/mol. The van der Waals surface area contributed by atoms with Gasteiger partial charge in [0.15, 0.2) is 9.84 Å². The Kier molecular flexibility index (Phi) is 8.81. The highest BCUT2D eigenvalue weighted by Crippen LogP contribution is 2.24. The van der Waals surface area contributed by atoms with Crippen LogP contribution in [0.1, 0.15) is 64.0 Å². The van der Waals surface area contributed by atoms with E-state index in [4.69, 9.17) is 5.73 Å². The van der Waals surface area contributed by atoms with Gasteiger partial charge in [-0.05, 0) is 49.4 Å². The van der Waals surface area contributed by atoms with Crippen LogP contribution in [0.2, 0.25) is 0 Å². The summed E-state index contributed by atoms with van der Waals surface area (Å²) in [7, 11) is -3.33. The molecule has 0 fully saturated rings. The molecule has 0 aliphatic rings. The van der Waals surface area contributed by atoms with E-state index in [0.717, 1.165) is 32.1 Å². The molecule has 23 heavy (non-hydrogen) atoms. The van der Waals surface area contributed by atoms with Crippen molar-refractivity contribution < 1.29 is 13.5 Å². The minimum Gasteiger partial charge on any atom is -0.388 e. The minimum atomic E-state index is -3.33. The second-order valence-corrected chi connectivity index (χ2v) is 8.28. The molecule has 0 spiro atoms. The van der Waals surface area contributed by atoms with Gasteiger partial charge < -0.3 is 10.8 Å². The third kappa shape index (κ3) is 6.61.